The van der Waals surface area contributed by atoms with E-state index in [1.54, 1.807) is 11.3 Å². The minimum absolute atomic E-state index is 0.0363. The Morgan fingerprint density at radius 2 is 2.21 bits per heavy atom. The third kappa shape index (κ3) is 6.07. The zero-order chi connectivity index (χ0) is 17.6. The minimum atomic E-state index is -0.192. The molecule has 2 aromatic heterocycles. The van der Waals surface area contributed by atoms with Gasteiger partial charge in [-0.05, 0) is 45.1 Å². The molecule has 1 amide bonds. The first-order valence-corrected chi connectivity index (χ1v) is 10.6. The summed E-state index contributed by atoms with van der Waals surface area (Å²) in [6.07, 6.45) is 1.87. The molecule has 5 nitrogen and oxygen atoms in total. The first-order valence-electron chi connectivity index (χ1n) is 7.98. The van der Waals surface area contributed by atoms with Crippen molar-refractivity contribution >= 4 is 45.5 Å². The van der Waals surface area contributed by atoms with Crippen molar-refractivity contribution in [3.8, 4) is 0 Å². The second-order valence-electron chi connectivity index (χ2n) is 6.12. The Morgan fingerprint density at radius 1 is 1.42 bits per heavy atom. The molecule has 0 aliphatic heterocycles. The van der Waals surface area contributed by atoms with E-state index in [0.29, 0.717) is 0 Å². The molecule has 2 rings (SSSR count). The maximum absolute atomic E-state index is 12.2. The molecule has 0 aromatic carbocycles. The quantitative estimate of drug-likeness (QED) is 0.639. The monoisotopic (exact) mass is 384 g/mol. The first kappa shape index (κ1) is 19.2. The van der Waals surface area contributed by atoms with Gasteiger partial charge in [-0.1, -0.05) is 36.1 Å². The zero-order valence-corrected chi connectivity index (χ0v) is 16.9. The van der Waals surface area contributed by atoms with Gasteiger partial charge in [0.25, 0.3) is 0 Å². The molecule has 0 spiro atoms. The molecular formula is C16H24N4OS3. The number of thioether (sulfide) groups is 1. The van der Waals surface area contributed by atoms with Gasteiger partial charge in [0, 0.05) is 17.0 Å². The molecule has 2 N–H and O–H groups in total. The van der Waals surface area contributed by atoms with Gasteiger partial charge in [0.2, 0.25) is 11.0 Å². The molecule has 1 atom stereocenters. The summed E-state index contributed by atoms with van der Waals surface area (Å²) in [6.45, 7) is 8.86. The van der Waals surface area contributed by atoms with Gasteiger partial charge in [0.05, 0.1) is 5.25 Å². The van der Waals surface area contributed by atoms with Gasteiger partial charge in [0.1, 0.15) is 0 Å². The van der Waals surface area contributed by atoms with E-state index in [9.17, 15) is 4.79 Å². The van der Waals surface area contributed by atoms with E-state index < -0.39 is 0 Å². The van der Waals surface area contributed by atoms with Gasteiger partial charge in [-0.2, -0.15) is 0 Å². The summed E-state index contributed by atoms with van der Waals surface area (Å²) in [5.41, 5.74) is -0.179. The second kappa shape index (κ2) is 8.82. The summed E-state index contributed by atoms with van der Waals surface area (Å²) in [7, 11) is 0. The van der Waals surface area contributed by atoms with Gasteiger partial charge in [0.15, 0.2) is 4.34 Å². The van der Waals surface area contributed by atoms with E-state index in [1.807, 2.05) is 20.8 Å². The fraction of sp³-hybridized carbons (Fsp3) is 0.562. The van der Waals surface area contributed by atoms with Gasteiger partial charge in [-0.3, -0.25) is 4.79 Å². The number of nitrogens with one attached hydrogen (secondary N) is 2. The summed E-state index contributed by atoms with van der Waals surface area (Å²) >= 11 is 4.70. The van der Waals surface area contributed by atoms with Crippen molar-refractivity contribution < 1.29 is 4.79 Å². The number of amides is 1. The Balaban J connectivity index is 1.78. The number of aromatic nitrogens is 2. The van der Waals surface area contributed by atoms with E-state index in [-0.39, 0.29) is 16.7 Å². The number of nitrogens with zero attached hydrogens (tertiary/aromatic N) is 2. The number of hydrogen-bond acceptors (Lipinski definition) is 7. The summed E-state index contributed by atoms with van der Waals surface area (Å²) < 4.78 is 0.811. The minimum Gasteiger partial charge on any atom is -0.360 e. The lowest BCUT2D eigenvalue weighted by Crippen LogP contribution is -2.46. The molecule has 132 valence electrons. The SMILES string of the molecule is CCC(C)(C)NC(=O)C(C)Sc1nnc(NCCc2cccs2)s1. The standard InChI is InChI=1S/C16H24N4OS3/c1-5-16(3,4)18-13(21)11(2)23-15-20-19-14(24-15)17-9-8-12-7-6-10-22-12/h6-7,10-11H,5,8-9H2,1-4H3,(H,17,19)(H,18,21). The van der Waals surface area contributed by atoms with Crippen molar-refractivity contribution in [1.29, 1.82) is 0 Å². The Kier molecular flexibility index (Phi) is 7.06. The van der Waals surface area contributed by atoms with Crippen LogP contribution in [0.3, 0.4) is 0 Å². The number of thiophene rings is 1. The highest BCUT2D eigenvalue weighted by Gasteiger charge is 2.23. The Hall–Kier alpha value is -1.12. The van der Waals surface area contributed by atoms with Gasteiger partial charge in [-0.15, -0.1) is 21.5 Å². The molecule has 0 bridgehead atoms. The smallest absolute Gasteiger partial charge is 0.233 e. The number of hydrogen-bond donors (Lipinski definition) is 2. The van der Waals surface area contributed by atoms with Crippen LogP contribution in [0.5, 0.6) is 0 Å². The third-order valence-corrected chi connectivity index (χ3v) is 6.63. The molecule has 2 aromatic rings. The molecule has 0 fully saturated rings. The Labute approximate surface area is 155 Å². The van der Waals surface area contributed by atoms with Gasteiger partial charge in [-0.25, -0.2) is 0 Å². The molecule has 2 heterocycles. The predicted molar refractivity (Wildman–Crippen MR) is 104 cm³/mol. The lowest BCUT2D eigenvalue weighted by atomic mass is 10.0. The summed E-state index contributed by atoms with van der Waals surface area (Å²) in [5, 5.41) is 17.4. The van der Waals surface area contributed by atoms with E-state index in [1.165, 1.54) is 28.0 Å². The Bertz CT molecular complexity index is 640. The molecule has 0 radical (unpaired) electrons. The molecule has 0 saturated heterocycles. The molecule has 24 heavy (non-hydrogen) atoms. The van der Waals surface area contributed by atoms with Crippen LogP contribution in [-0.2, 0) is 11.2 Å². The van der Waals surface area contributed by atoms with Crippen LogP contribution in [0.1, 0.15) is 39.0 Å². The first-order chi connectivity index (χ1) is 11.4. The van der Waals surface area contributed by atoms with E-state index in [0.717, 1.165) is 28.9 Å². The van der Waals surface area contributed by atoms with Gasteiger partial charge < -0.3 is 10.6 Å². The fourth-order valence-electron chi connectivity index (χ4n) is 1.80. The lowest BCUT2D eigenvalue weighted by Gasteiger charge is -2.26. The van der Waals surface area contributed by atoms with Crippen LogP contribution in [0, 0.1) is 0 Å². The highest BCUT2D eigenvalue weighted by atomic mass is 32.2. The lowest BCUT2D eigenvalue weighted by molar-refractivity contribution is -0.121. The van der Waals surface area contributed by atoms with Crippen molar-refractivity contribution in [3.05, 3.63) is 22.4 Å². The Morgan fingerprint density at radius 3 is 2.88 bits per heavy atom. The number of anilines is 1. The molecule has 1 unspecified atom stereocenters. The normalized spacial score (nSPS) is 12.8. The van der Waals surface area contributed by atoms with Crippen LogP contribution in [0.15, 0.2) is 21.9 Å². The zero-order valence-electron chi connectivity index (χ0n) is 14.5. The van der Waals surface area contributed by atoms with Crippen LogP contribution in [0.2, 0.25) is 0 Å². The van der Waals surface area contributed by atoms with Crippen LogP contribution >= 0.6 is 34.4 Å². The number of carbonyl (C=O) groups excluding carboxylic acids is 1. The number of carbonyl (C=O) groups is 1. The van der Waals surface area contributed by atoms with Crippen LogP contribution in [0.4, 0.5) is 5.13 Å². The van der Waals surface area contributed by atoms with Crippen molar-refractivity contribution in [2.75, 3.05) is 11.9 Å². The summed E-state index contributed by atoms with van der Waals surface area (Å²) in [6, 6.07) is 4.19. The largest absolute Gasteiger partial charge is 0.360 e. The maximum atomic E-state index is 12.2. The molecular weight excluding hydrogens is 360 g/mol. The van der Waals surface area contributed by atoms with Crippen molar-refractivity contribution in [2.24, 2.45) is 0 Å². The van der Waals surface area contributed by atoms with Crippen LogP contribution in [-0.4, -0.2) is 33.4 Å². The maximum Gasteiger partial charge on any atom is 0.233 e. The highest BCUT2D eigenvalue weighted by Crippen LogP contribution is 2.29. The average Bonchev–Trinajstić information content (AvgIpc) is 3.19. The van der Waals surface area contributed by atoms with E-state index in [2.05, 4.69) is 45.3 Å². The van der Waals surface area contributed by atoms with Crippen molar-refractivity contribution in [3.63, 3.8) is 0 Å². The second-order valence-corrected chi connectivity index (χ2v) is 9.71. The van der Waals surface area contributed by atoms with Gasteiger partial charge >= 0.3 is 0 Å². The van der Waals surface area contributed by atoms with Crippen molar-refractivity contribution in [2.45, 2.75) is 55.7 Å². The predicted octanol–water partition coefficient (Wildman–Crippen LogP) is 4.04. The van der Waals surface area contributed by atoms with E-state index >= 15 is 0 Å². The average molecular weight is 385 g/mol. The molecule has 0 aliphatic rings. The van der Waals surface area contributed by atoms with E-state index in [4.69, 9.17) is 0 Å². The molecule has 8 heteroatoms. The topological polar surface area (TPSA) is 66.9 Å². The fourth-order valence-corrected chi connectivity index (χ4v) is 4.44. The van der Waals surface area contributed by atoms with Crippen molar-refractivity contribution in [1.82, 2.24) is 15.5 Å². The molecule has 0 aliphatic carbocycles. The summed E-state index contributed by atoms with van der Waals surface area (Å²) in [5.74, 6) is 0.0363. The molecule has 0 saturated carbocycles. The highest BCUT2D eigenvalue weighted by molar-refractivity contribution is 8.02. The van der Waals surface area contributed by atoms with Crippen LogP contribution < -0.4 is 10.6 Å². The van der Waals surface area contributed by atoms with Crippen LogP contribution in [0.25, 0.3) is 0 Å². The number of rotatable bonds is 9. The summed E-state index contributed by atoms with van der Waals surface area (Å²) in [4.78, 5) is 13.6. The third-order valence-electron chi connectivity index (χ3n) is 3.63.